The number of carbonyl (C=O) groups excluding carboxylic acids is 2. The van der Waals surface area contributed by atoms with Gasteiger partial charge in [-0.1, -0.05) is 17.7 Å². The molecule has 6 heteroatoms. The van der Waals surface area contributed by atoms with Crippen molar-refractivity contribution in [1.29, 1.82) is 0 Å². The number of benzene rings is 2. The molecule has 4 rings (SSSR count). The lowest BCUT2D eigenvalue weighted by Gasteiger charge is -2.08. The Kier molecular flexibility index (Phi) is 4.24. The molecule has 27 heavy (non-hydrogen) atoms. The molecule has 2 N–H and O–H groups in total. The average molecular weight is 362 g/mol. The summed E-state index contributed by atoms with van der Waals surface area (Å²) in [6.07, 6.45) is 2.01. The lowest BCUT2D eigenvalue weighted by atomic mass is 10.1. The van der Waals surface area contributed by atoms with Crippen LogP contribution in [0.5, 0.6) is 0 Å². The van der Waals surface area contributed by atoms with E-state index in [2.05, 4.69) is 10.6 Å². The molecule has 0 radical (unpaired) electrons. The van der Waals surface area contributed by atoms with Crippen LogP contribution in [0, 0.1) is 6.92 Å². The van der Waals surface area contributed by atoms with Crippen molar-refractivity contribution in [2.45, 2.75) is 25.8 Å². The zero-order valence-electron chi connectivity index (χ0n) is 14.7. The van der Waals surface area contributed by atoms with Crippen LogP contribution in [0.25, 0.3) is 11.0 Å². The summed E-state index contributed by atoms with van der Waals surface area (Å²) in [7, 11) is 0. The summed E-state index contributed by atoms with van der Waals surface area (Å²) in [5, 5.41) is 6.01. The summed E-state index contributed by atoms with van der Waals surface area (Å²) in [5.41, 5.74) is 1.94. The molecule has 1 heterocycles. The maximum atomic E-state index is 12.5. The van der Waals surface area contributed by atoms with E-state index in [0.29, 0.717) is 22.2 Å². The first-order valence-corrected chi connectivity index (χ1v) is 8.76. The molecule has 0 spiro atoms. The number of rotatable bonds is 4. The molecule has 0 aliphatic heterocycles. The van der Waals surface area contributed by atoms with E-state index in [4.69, 9.17) is 4.42 Å². The summed E-state index contributed by atoms with van der Waals surface area (Å²) >= 11 is 0. The first-order chi connectivity index (χ1) is 13.0. The minimum Gasteiger partial charge on any atom is -0.451 e. The Morgan fingerprint density at radius 1 is 1.04 bits per heavy atom. The summed E-state index contributed by atoms with van der Waals surface area (Å²) in [4.78, 5) is 36.9. The predicted molar refractivity (Wildman–Crippen MR) is 102 cm³/mol. The van der Waals surface area contributed by atoms with Gasteiger partial charge in [0.25, 0.3) is 11.8 Å². The number of hydrogen-bond acceptors (Lipinski definition) is 4. The molecule has 0 saturated heterocycles. The highest BCUT2D eigenvalue weighted by Crippen LogP contribution is 2.20. The Morgan fingerprint density at radius 2 is 1.85 bits per heavy atom. The Bertz CT molecular complexity index is 1110. The molecule has 0 atom stereocenters. The van der Waals surface area contributed by atoms with Gasteiger partial charge in [-0.2, -0.15) is 0 Å². The second kappa shape index (κ2) is 6.72. The third kappa shape index (κ3) is 3.74. The van der Waals surface area contributed by atoms with Crippen molar-refractivity contribution in [3.05, 3.63) is 75.6 Å². The minimum absolute atomic E-state index is 0.0795. The van der Waals surface area contributed by atoms with Crippen molar-refractivity contribution in [1.82, 2.24) is 5.32 Å². The maximum Gasteiger partial charge on any atom is 0.291 e. The van der Waals surface area contributed by atoms with E-state index in [0.717, 1.165) is 18.4 Å². The largest absolute Gasteiger partial charge is 0.451 e. The van der Waals surface area contributed by atoms with Crippen LogP contribution in [-0.2, 0) is 0 Å². The SMILES string of the molecule is Cc1ccc2oc(C(=O)Nc3cccc(C(=O)NC4CC4)c3)cc(=O)c2c1. The summed E-state index contributed by atoms with van der Waals surface area (Å²) in [6, 6.07) is 13.3. The minimum atomic E-state index is -0.547. The zero-order valence-corrected chi connectivity index (χ0v) is 14.7. The third-order valence-corrected chi connectivity index (χ3v) is 4.40. The Balaban J connectivity index is 1.57. The van der Waals surface area contributed by atoms with Crippen LogP contribution in [0.1, 0.15) is 39.3 Å². The molecule has 1 aromatic heterocycles. The number of nitrogens with one attached hydrogen (secondary N) is 2. The van der Waals surface area contributed by atoms with E-state index in [1.807, 2.05) is 13.0 Å². The fourth-order valence-corrected chi connectivity index (χ4v) is 2.81. The standard InChI is InChI=1S/C21H18N2O4/c1-12-5-8-18-16(9-12)17(24)11-19(27-18)21(26)23-15-4-2-3-13(10-15)20(25)22-14-6-7-14/h2-5,8-11,14H,6-7H2,1H3,(H,22,25)(H,23,26). The summed E-state index contributed by atoms with van der Waals surface area (Å²) in [5.74, 6) is -0.792. The van der Waals surface area contributed by atoms with Gasteiger partial charge in [0.1, 0.15) is 5.58 Å². The molecule has 1 fully saturated rings. The van der Waals surface area contributed by atoms with Gasteiger partial charge in [0.2, 0.25) is 0 Å². The quantitative estimate of drug-likeness (QED) is 0.746. The fourth-order valence-electron chi connectivity index (χ4n) is 2.81. The predicted octanol–water partition coefficient (Wildman–Crippen LogP) is 3.25. The van der Waals surface area contributed by atoms with Gasteiger partial charge in [-0.05, 0) is 50.1 Å². The lowest BCUT2D eigenvalue weighted by molar-refractivity contribution is 0.0949. The molecule has 0 unspecified atom stereocenters. The van der Waals surface area contributed by atoms with Gasteiger partial charge in [0, 0.05) is 23.4 Å². The Morgan fingerprint density at radius 3 is 2.63 bits per heavy atom. The first kappa shape index (κ1) is 17.0. The molecule has 2 aromatic carbocycles. The van der Waals surface area contributed by atoms with E-state index in [9.17, 15) is 14.4 Å². The van der Waals surface area contributed by atoms with Gasteiger partial charge < -0.3 is 15.1 Å². The molecule has 1 aliphatic carbocycles. The maximum absolute atomic E-state index is 12.5. The van der Waals surface area contributed by atoms with Gasteiger partial charge in [-0.25, -0.2) is 0 Å². The van der Waals surface area contributed by atoms with Crippen LogP contribution in [-0.4, -0.2) is 17.9 Å². The number of anilines is 1. The van der Waals surface area contributed by atoms with Crippen molar-refractivity contribution in [3.8, 4) is 0 Å². The normalized spacial score (nSPS) is 13.4. The van der Waals surface area contributed by atoms with Crippen LogP contribution in [0.2, 0.25) is 0 Å². The van der Waals surface area contributed by atoms with Crippen LogP contribution >= 0.6 is 0 Å². The molecule has 0 bridgehead atoms. The summed E-state index contributed by atoms with van der Waals surface area (Å²) < 4.78 is 5.58. The molecule has 3 aromatic rings. The van der Waals surface area contributed by atoms with Crippen molar-refractivity contribution >= 4 is 28.5 Å². The molecule has 1 aliphatic rings. The first-order valence-electron chi connectivity index (χ1n) is 8.76. The van der Waals surface area contributed by atoms with Crippen LogP contribution in [0.15, 0.2) is 57.7 Å². The smallest absolute Gasteiger partial charge is 0.291 e. The van der Waals surface area contributed by atoms with E-state index in [1.54, 1.807) is 36.4 Å². The Labute approximate surface area is 155 Å². The molecular weight excluding hydrogens is 344 g/mol. The van der Waals surface area contributed by atoms with Gasteiger partial charge in [-0.3, -0.25) is 14.4 Å². The second-order valence-electron chi connectivity index (χ2n) is 6.76. The van der Waals surface area contributed by atoms with Gasteiger partial charge in [0.15, 0.2) is 11.2 Å². The highest BCUT2D eigenvalue weighted by Gasteiger charge is 2.24. The highest BCUT2D eigenvalue weighted by atomic mass is 16.3. The van der Waals surface area contributed by atoms with E-state index >= 15 is 0 Å². The van der Waals surface area contributed by atoms with Crippen LogP contribution in [0.4, 0.5) is 5.69 Å². The van der Waals surface area contributed by atoms with Crippen molar-refractivity contribution in [2.24, 2.45) is 0 Å². The monoisotopic (exact) mass is 362 g/mol. The number of hydrogen-bond donors (Lipinski definition) is 2. The van der Waals surface area contributed by atoms with Crippen molar-refractivity contribution in [2.75, 3.05) is 5.32 Å². The van der Waals surface area contributed by atoms with E-state index < -0.39 is 5.91 Å². The topological polar surface area (TPSA) is 88.4 Å². The van der Waals surface area contributed by atoms with Gasteiger partial charge in [0.05, 0.1) is 5.39 Å². The molecular formula is C21H18N2O4. The molecule has 6 nitrogen and oxygen atoms in total. The van der Waals surface area contributed by atoms with Crippen LogP contribution < -0.4 is 16.1 Å². The molecule has 1 saturated carbocycles. The van der Waals surface area contributed by atoms with E-state index in [1.165, 1.54) is 6.07 Å². The molecule has 136 valence electrons. The number of aryl methyl sites for hydroxylation is 1. The van der Waals surface area contributed by atoms with E-state index in [-0.39, 0.29) is 23.1 Å². The highest BCUT2D eigenvalue weighted by molar-refractivity contribution is 6.04. The number of carbonyl (C=O) groups is 2. The fraction of sp³-hybridized carbons (Fsp3) is 0.190. The average Bonchev–Trinajstić information content (AvgIpc) is 3.46. The lowest BCUT2D eigenvalue weighted by Crippen LogP contribution is -2.25. The van der Waals surface area contributed by atoms with Crippen molar-refractivity contribution < 1.29 is 14.0 Å². The Hall–Kier alpha value is -3.41. The molecule has 2 amide bonds. The summed E-state index contributed by atoms with van der Waals surface area (Å²) in [6.45, 7) is 1.88. The third-order valence-electron chi connectivity index (χ3n) is 4.40. The zero-order chi connectivity index (χ0) is 19.0. The number of amides is 2. The van der Waals surface area contributed by atoms with Crippen molar-refractivity contribution in [3.63, 3.8) is 0 Å². The van der Waals surface area contributed by atoms with Gasteiger partial charge >= 0.3 is 0 Å². The van der Waals surface area contributed by atoms with Crippen LogP contribution in [0.3, 0.4) is 0 Å². The van der Waals surface area contributed by atoms with Gasteiger partial charge in [-0.15, -0.1) is 0 Å². The number of fused-ring (bicyclic) bond motifs is 1. The second-order valence-corrected chi connectivity index (χ2v) is 6.76.